The smallest absolute Gasteiger partial charge is 0.0802 e. The summed E-state index contributed by atoms with van der Waals surface area (Å²) >= 11 is 0. The summed E-state index contributed by atoms with van der Waals surface area (Å²) in [6.07, 6.45) is 3.66. The van der Waals surface area contributed by atoms with Gasteiger partial charge in [-0.1, -0.05) is 35.9 Å². The number of anilines is 1. The van der Waals surface area contributed by atoms with E-state index in [0.717, 1.165) is 16.9 Å². The van der Waals surface area contributed by atoms with Crippen molar-refractivity contribution in [2.45, 2.75) is 26.8 Å². The minimum Gasteiger partial charge on any atom is -0.403 e. The largest absolute Gasteiger partial charge is 0.403 e. The van der Waals surface area contributed by atoms with E-state index in [0.29, 0.717) is 6.04 Å². The van der Waals surface area contributed by atoms with Gasteiger partial charge in [-0.15, -0.1) is 0 Å². The van der Waals surface area contributed by atoms with E-state index < -0.39 is 0 Å². The Hall–Kier alpha value is -2.72. The number of benzene rings is 2. The summed E-state index contributed by atoms with van der Waals surface area (Å²) < 4.78 is 2.24. The van der Waals surface area contributed by atoms with E-state index in [4.69, 9.17) is 11.6 Å². The third-order valence-electron chi connectivity index (χ3n) is 4.31. The zero-order valence-electron chi connectivity index (χ0n) is 14.4. The highest BCUT2D eigenvalue weighted by Crippen LogP contribution is 2.28. The number of fused-ring (bicyclic) bond motifs is 1. The van der Waals surface area contributed by atoms with Gasteiger partial charge in [-0.05, 0) is 44.4 Å². The van der Waals surface area contributed by atoms with Crippen molar-refractivity contribution in [3.05, 3.63) is 72.1 Å². The fraction of sp³-hybridized carbons (Fsp3) is 0.200. The lowest BCUT2D eigenvalue weighted by molar-refractivity contribution is 0.623. The van der Waals surface area contributed by atoms with Crippen molar-refractivity contribution in [3.63, 3.8) is 0 Å². The first kappa shape index (κ1) is 16.1. The molecule has 4 N–H and O–H groups in total. The van der Waals surface area contributed by atoms with Crippen LogP contribution in [0.1, 0.15) is 31.0 Å². The van der Waals surface area contributed by atoms with Crippen molar-refractivity contribution >= 4 is 22.3 Å². The fourth-order valence-electron chi connectivity index (χ4n) is 2.92. The molecule has 1 heterocycles. The van der Waals surface area contributed by atoms with E-state index >= 15 is 0 Å². The lowest BCUT2D eigenvalue weighted by atomic mass is 10.1. The number of hydrazine groups is 1. The average Bonchev–Trinajstić information content (AvgIpc) is 3.00. The molecule has 0 aliphatic heterocycles. The van der Waals surface area contributed by atoms with Crippen molar-refractivity contribution in [2.24, 2.45) is 11.6 Å². The molecule has 24 heavy (non-hydrogen) atoms. The molecule has 0 bridgehead atoms. The maximum Gasteiger partial charge on any atom is 0.0802 e. The van der Waals surface area contributed by atoms with Crippen molar-refractivity contribution < 1.29 is 0 Å². The number of aryl methyl sites for hydroxylation is 1. The molecule has 0 unspecified atom stereocenters. The van der Waals surface area contributed by atoms with Gasteiger partial charge >= 0.3 is 0 Å². The Bertz CT molecular complexity index is 872. The monoisotopic (exact) mass is 320 g/mol. The highest BCUT2D eigenvalue weighted by atomic mass is 15.4. The van der Waals surface area contributed by atoms with E-state index in [1.807, 2.05) is 18.2 Å². The molecule has 0 fully saturated rings. The van der Waals surface area contributed by atoms with Crippen LogP contribution in [0, 0.1) is 6.92 Å². The second-order valence-corrected chi connectivity index (χ2v) is 6.35. The van der Waals surface area contributed by atoms with Crippen LogP contribution in [-0.2, 0) is 0 Å². The highest BCUT2D eigenvalue weighted by Gasteiger charge is 2.12. The molecule has 0 radical (unpaired) electrons. The summed E-state index contributed by atoms with van der Waals surface area (Å²) in [5, 5.41) is 2.84. The predicted molar refractivity (Wildman–Crippen MR) is 102 cm³/mol. The maximum absolute atomic E-state index is 6.38. The Labute approximate surface area is 142 Å². The number of hydrogen-bond acceptors (Lipinski definition) is 3. The highest BCUT2D eigenvalue weighted by molar-refractivity contribution is 5.87. The van der Waals surface area contributed by atoms with Crippen LogP contribution in [-0.4, -0.2) is 4.57 Å². The molecule has 0 aliphatic rings. The van der Waals surface area contributed by atoms with Gasteiger partial charge in [-0.3, -0.25) is 5.01 Å². The van der Waals surface area contributed by atoms with Gasteiger partial charge in [-0.2, -0.15) is 0 Å². The molecular formula is C20H24N4. The molecule has 0 spiro atoms. The van der Waals surface area contributed by atoms with Crippen LogP contribution in [0.5, 0.6) is 0 Å². The van der Waals surface area contributed by atoms with E-state index in [-0.39, 0.29) is 0 Å². The molecule has 0 atom stereocenters. The Morgan fingerprint density at radius 2 is 1.79 bits per heavy atom. The van der Waals surface area contributed by atoms with E-state index in [1.165, 1.54) is 16.5 Å². The Morgan fingerprint density at radius 3 is 2.42 bits per heavy atom. The van der Waals surface area contributed by atoms with Crippen LogP contribution >= 0.6 is 0 Å². The second kappa shape index (κ2) is 6.42. The molecule has 4 nitrogen and oxygen atoms in total. The van der Waals surface area contributed by atoms with Crippen molar-refractivity contribution in [1.29, 1.82) is 0 Å². The molecule has 4 heteroatoms. The quantitative estimate of drug-likeness (QED) is 0.560. The van der Waals surface area contributed by atoms with Crippen molar-refractivity contribution in [2.75, 3.05) is 5.01 Å². The zero-order chi connectivity index (χ0) is 17.3. The minimum absolute atomic E-state index is 0.394. The Kier molecular flexibility index (Phi) is 4.32. The lowest BCUT2D eigenvalue weighted by Crippen LogP contribution is -2.29. The minimum atomic E-state index is 0.394. The van der Waals surface area contributed by atoms with Crippen molar-refractivity contribution in [3.8, 4) is 0 Å². The number of nitrogens with zero attached hydrogens (tertiary/aromatic N) is 2. The second-order valence-electron chi connectivity index (χ2n) is 6.35. The van der Waals surface area contributed by atoms with Gasteiger partial charge in [0.2, 0.25) is 0 Å². The normalized spacial score (nSPS) is 12.1. The number of hydrogen-bond donors (Lipinski definition) is 2. The van der Waals surface area contributed by atoms with Gasteiger partial charge in [0.25, 0.3) is 0 Å². The van der Waals surface area contributed by atoms with Crippen molar-refractivity contribution in [1.82, 2.24) is 4.57 Å². The van der Waals surface area contributed by atoms with Gasteiger partial charge in [0, 0.05) is 24.0 Å². The standard InChI is InChI=1S/C20H24N4/c1-14(2)23-11-10-17-8-9-18(12-19(17)23)24(22)20(13-21)16-6-4-15(3)5-7-16/h4-14H,21-22H2,1-3H3/b20-13-. The zero-order valence-corrected chi connectivity index (χ0v) is 14.4. The molecule has 2 aromatic carbocycles. The molecule has 3 aromatic rings. The maximum atomic E-state index is 6.38. The van der Waals surface area contributed by atoms with E-state index in [2.05, 4.69) is 61.9 Å². The van der Waals surface area contributed by atoms with Gasteiger partial charge in [-0.25, -0.2) is 5.84 Å². The van der Waals surface area contributed by atoms with E-state index in [1.54, 1.807) is 11.2 Å². The van der Waals surface area contributed by atoms with Crippen LogP contribution in [0.25, 0.3) is 16.6 Å². The summed E-state index contributed by atoms with van der Waals surface area (Å²) in [5.74, 6) is 6.38. The lowest BCUT2D eigenvalue weighted by Gasteiger charge is -2.22. The van der Waals surface area contributed by atoms with Crippen LogP contribution in [0.4, 0.5) is 5.69 Å². The summed E-state index contributed by atoms with van der Waals surface area (Å²) in [6.45, 7) is 6.40. The Balaban J connectivity index is 2.01. The van der Waals surface area contributed by atoms with Gasteiger partial charge in [0.15, 0.2) is 0 Å². The molecule has 1 aromatic heterocycles. The Morgan fingerprint density at radius 1 is 1.08 bits per heavy atom. The molecule has 0 saturated carbocycles. The number of aromatic nitrogens is 1. The summed E-state index contributed by atoms with van der Waals surface area (Å²) in [4.78, 5) is 0. The summed E-state index contributed by atoms with van der Waals surface area (Å²) in [6, 6.07) is 16.9. The number of nitrogens with two attached hydrogens (primary N) is 2. The fourth-order valence-corrected chi connectivity index (χ4v) is 2.92. The van der Waals surface area contributed by atoms with Gasteiger partial charge in [0.1, 0.15) is 0 Å². The molecule has 3 rings (SSSR count). The number of rotatable bonds is 4. The molecule has 124 valence electrons. The SMILES string of the molecule is Cc1ccc(/C(=C/N)N(N)c2ccc3ccn(C(C)C)c3c2)cc1. The van der Waals surface area contributed by atoms with Gasteiger partial charge < -0.3 is 10.3 Å². The third kappa shape index (κ3) is 2.88. The van der Waals surface area contributed by atoms with Crippen LogP contribution in [0.15, 0.2) is 60.9 Å². The first-order valence-electron chi connectivity index (χ1n) is 8.15. The first-order valence-corrected chi connectivity index (χ1v) is 8.15. The average molecular weight is 320 g/mol. The predicted octanol–water partition coefficient (Wildman–Crippen LogP) is 4.17. The van der Waals surface area contributed by atoms with Crippen LogP contribution in [0.2, 0.25) is 0 Å². The summed E-state index contributed by atoms with van der Waals surface area (Å²) in [5.41, 5.74) is 10.9. The molecular weight excluding hydrogens is 296 g/mol. The van der Waals surface area contributed by atoms with E-state index in [9.17, 15) is 0 Å². The first-order chi connectivity index (χ1) is 11.5. The van der Waals surface area contributed by atoms with Gasteiger partial charge in [0.05, 0.1) is 16.9 Å². The molecule has 0 amide bonds. The molecule has 0 saturated heterocycles. The summed E-state index contributed by atoms with van der Waals surface area (Å²) in [7, 11) is 0. The topological polar surface area (TPSA) is 60.2 Å². The van der Waals surface area contributed by atoms with Crippen LogP contribution < -0.4 is 16.6 Å². The molecule has 0 aliphatic carbocycles. The third-order valence-corrected chi connectivity index (χ3v) is 4.31. The van der Waals surface area contributed by atoms with Crippen LogP contribution in [0.3, 0.4) is 0 Å².